The van der Waals surface area contributed by atoms with Gasteiger partial charge >= 0.3 is 6.18 Å². The predicted octanol–water partition coefficient (Wildman–Crippen LogP) is 3.27. The van der Waals surface area contributed by atoms with Crippen molar-refractivity contribution in [2.24, 2.45) is 5.41 Å². The second-order valence-corrected chi connectivity index (χ2v) is 5.49. The second kappa shape index (κ2) is 5.37. The van der Waals surface area contributed by atoms with E-state index in [9.17, 15) is 13.2 Å². The second-order valence-electron chi connectivity index (χ2n) is 5.49. The Morgan fingerprint density at radius 2 is 1.94 bits per heavy atom. The summed E-state index contributed by atoms with van der Waals surface area (Å²) in [5.74, 6) is 0. The van der Waals surface area contributed by atoms with E-state index in [1.54, 1.807) is 0 Å². The predicted molar refractivity (Wildman–Crippen MR) is 63.4 cm³/mol. The van der Waals surface area contributed by atoms with Crippen molar-refractivity contribution < 1.29 is 17.9 Å². The van der Waals surface area contributed by atoms with E-state index in [1.807, 2.05) is 6.92 Å². The molecule has 5 heteroatoms. The Morgan fingerprint density at radius 1 is 1.28 bits per heavy atom. The molecule has 0 aliphatic heterocycles. The van der Waals surface area contributed by atoms with Gasteiger partial charge in [0, 0.05) is 24.6 Å². The Bertz CT molecular complexity index is 274. The van der Waals surface area contributed by atoms with Gasteiger partial charge in [0.1, 0.15) is 0 Å². The average molecular weight is 265 g/mol. The zero-order valence-electron chi connectivity index (χ0n) is 10.9. The zero-order valence-corrected chi connectivity index (χ0v) is 10.9. The minimum atomic E-state index is -4.06. The van der Waals surface area contributed by atoms with E-state index in [0.717, 1.165) is 19.3 Å². The Kier molecular flexibility index (Phi) is 4.22. The van der Waals surface area contributed by atoms with Gasteiger partial charge in [-0.3, -0.25) is 0 Å². The molecule has 2 unspecified atom stereocenters. The first-order valence-corrected chi connectivity index (χ1v) is 6.90. The fraction of sp³-hybridized carbons (Fsp3) is 1.00. The van der Waals surface area contributed by atoms with Gasteiger partial charge in [-0.2, -0.15) is 13.2 Å². The molecule has 1 spiro atoms. The van der Waals surface area contributed by atoms with E-state index in [-0.39, 0.29) is 24.1 Å². The van der Waals surface area contributed by atoms with Crippen LogP contribution in [0.4, 0.5) is 13.2 Å². The van der Waals surface area contributed by atoms with E-state index in [4.69, 9.17) is 4.74 Å². The van der Waals surface area contributed by atoms with Crippen LogP contribution in [0, 0.1) is 5.41 Å². The Hall–Kier alpha value is -0.290. The lowest BCUT2D eigenvalue weighted by molar-refractivity contribution is -0.144. The molecule has 2 aliphatic rings. The summed E-state index contributed by atoms with van der Waals surface area (Å²) in [5.41, 5.74) is 0.127. The van der Waals surface area contributed by atoms with Crippen LogP contribution < -0.4 is 5.32 Å². The highest BCUT2D eigenvalue weighted by Crippen LogP contribution is 2.54. The largest absolute Gasteiger partial charge is 0.390 e. The van der Waals surface area contributed by atoms with Crippen molar-refractivity contribution in [1.82, 2.24) is 5.32 Å². The molecule has 106 valence electrons. The van der Waals surface area contributed by atoms with Crippen molar-refractivity contribution in [3.8, 4) is 0 Å². The maximum atomic E-state index is 12.1. The topological polar surface area (TPSA) is 21.3 Å². The summed E-state index contributed by atoms with van der Waals surface area (Å²) < 4.78 is 42.1. The minimum absolute atomic E-state index is 0.0365. The van der Waals surface area contributed by atoms with Crippen LogP contribution in [0.25, 0.3) is 0 Å². The maximum absolute atomic E-state index is 12.1. The van der Waals surface area contributed by atoms with Crippen LogP contribution in [-0.4, -0.2) is 31.5 Å². The Balaban J connectivity index is 1.83. The molecule has 0 amide bonds. The lowest BCUT2D eigenvalue weighted by Gasteiger charge is -2.54. The van der Waals surface area contributed by atoms with Gasteiger partial charge < -0.3 is 10.1 Å². The smallest absolute Gasteiger partial charge is 0.378 e. The summed E-state index contributed by atoms with van der Waals surface area (Å²) in [6.07, 6.45) is 0.891. The fourth-order valence-corrected chi connectivity index (χ4v) is 3.56. The zero-order chi connectivity index (χ0) is 13.2. The maximum Gasteiger partial charge on any atom is 0.390 e. The number of halogens is 3. The normalized spacial score (nSPS) is 30.7. The SMILES string of the molecule is CCOC1CC(NCCC(F)(F)F)C12CCCC2. The highest BCUT2D eigenvalue weighted by Gasteiger charge is 2.56. The van der Waals surface area contributed by atoms with E-state index >= 15 is 0 Å². The average Bonchev–Trinajstić information content (AvgIpc) is 2.77. The molecule has 2 nitrogen and oxygen atoms in total. The monoisotopic (exact) mass is 265 g/mol. The first-order valence-electron chi connectivity index (χ1n) is 6.90. The van der Waals surface area contributed by atoms with Crippen LogP contribution in [0.2, 0.25) is 0 Å². The molecule has 2 fully saturated rings. The van der Waals surface area contributed by atoms with E-state index < -0.39 is 12.6 Å². The van der Waals surface area contributed by atoms with Crippen molar-refractivity contribution in [3.05, 3.63) is 0 Å². The molecule has 0 aromatic carbocycles. The van der Waals surface area contributed by atoms with Gasteiger partial charge in [-0.05, 0) is 26.2 Å². The first-order chi connectivity index (χ1) is 8.48. The van der Waals surface area contributed by atoms with Crippen LogP contribution in [0.5, 0.6) is 0 Å². The summed E-state index contributed by atoms with van der Waals surface area (Å²) in [6, 6.07) is 0.221. The van der Waals surface area contributed by atoms with E-state index in [1.165, 1.54) is 12.8 Å². The van der Waals surface area contributed by atoms with Gasteiger partial charge in [0.2, 0.25) is 0 Å². The van der Waals surface area contributed by atoms with E-state index in [0.29, 0.717) is 6.61 Å². The van der Waals surface area contributed by atoms with Crippen molar-refractivity contribution >= 4 is 0 Å². The summed E-state index contributed by atoms with van der Waals surface area (Å²) in [5, 5.41) is 3.10. The molecular formula is C13H22F3NO. The number of nitrogens with one attached hydrogen (secondary N) is 1. The van der Waals surface area contributed by atoms with Crippen molar-refractivity contribution in [1.29, 1.82) is 0 Å². The lowest BCUT2D eigenvalue weighted by atomic mass is 9.60. The van der Waals surface area contributed by atoms with Gasteiger partial charge in [0.15, 0.2) is 0 Å². The molecule has 2 atom stereocenters. The van der Waals surface area contributed by atoms with Gasteiger partial charge in [-0.25, -0.2) is 0 Å². The number of hydrogen-bond donors (Lipinski definition) is 1. The Labute approximate surface area is 106 Å². The van der Waals surface area contributed by atoms with Gasteiger partial charge in [-0.15, -0.1) is 0 Å². The molecule has 2 aliphatic carbocycles. The molecule has 0 heterocycles. The van der Waals surface area contributed by atoms with Gasteiger partial charge in [0.05, 0.1) is 12.5 Å². The van der Waals surface area contributed by atoms with Crippen LogP contribution in [-0.2, 0) is 4.74 Å². The molecule has 2 saturated carbocycles. The van der Waals surface area contributed by atoms with Crippen LogP contribution in [0.3, 0.4) is 0 Å². The Morgan fingerprint density at radius 3 is 2.50 bits per heavy atom. The number of alkyl halides is 3. The molecule has 1 N–H and O–H groups in total. The van der Waals surface area contributed by atoms with Crippen molar-refractivity contribution in [3.63, 3.8) is 0 Å². The summed E-state index contributed by atoms with van der Waals surface area (Å²) in [6.45, 7) is 2.71. The highest BCUT2D eigenvalue weighted by atomic mass is 19.4. The van der Waals surface area contributed by atoms with Crippen LogP contribution >= 0.6 is 0 Å². The number of hydrogen-bond acceptors (Lipinski definition) is 2. The first kappa shape index (κ1) is 14.1. The third-order valence-corrected chi connectivity index (χ3v) is 4.49. The molecule has 2 rings (SSSR count). The molecular weight excluding hydrogens is 243 g/mol. The number of rotatable bonds is 5. The minimum Gasteiger partial charge on any atom is -0.378 e. The quantitative estimate of drug-likeness (QED) is 0.823. The highest BCUT2D eigenvalue weighted by molar-refractivity contribution is 5.09. The molecule has 0 aromatic heterocycles. The van der Waals surface area contributed by atoms with Crippen LogP contribution in [0.15, 0.2) is 0 Å². The fourth-order valence-electron chi connectivity index (χ4n) is 3.56. The number of ether oxygens (including phenoxy) is 1. The van der Waals surface area contributed by atoms with Crippen molar-refractivity contribution in [2.75, 3.05) is 13.2 Å². The van der Waals surface area contributed by atoms with Crippen molar-refractivity contribution in [2.45, 2.75) is 63.8 Å². The summed E-state index contributed by atoms with van der Waals surface area (Å²) in [4.78, 5) is 0. The van der Waals surface area contributed by atoms with E-state index in [2.05, 4.69) is 5.32 Å². The third kappa shape index (κ3) is 2.82. The lowest BCUT2D eigenvalue weighted by Crippen LogP contribution is -2.62. The molecule has 18 heavy (non-hydrogen) atoms. The standard InChI is InChI=1S/C13H22F3NO/c1-2-18-11-9-10(12(11)5-3-4-6-12)17-8-7-13(14,15)16/h10-11,17H,2-9H2,1H3. The molecule has 0 bridgehead atoms. The van der Waals surface area contributed by atoms with Crippen LogP contribution in [0.1, 0.15) is 45.4 Å². The molecule has 0 saturated heterocycles. The molecule has 0 radical (unpaired) electrons. The van der Waals surface area contributed by atoms with Gasteiger partial charge in [0.25, 0.3) is 0 Å². The molecule has 0 aromatic rings. The summed E-state index contributed by atoms with van der Waals surface area (Å²) in [7, 11) is 0. The van der Waals surface area contributed by atoms with Gasteiger partial charge in [-0.1, -0.05) is 12.8 Å². The summed E-state index contributed by atoms with van der Waals surface area (Å²) >= 11 is 0. The third-order valence-electron chi connectivity index (χ3n) is 4.49.